The van der Waals surface area contributed by atoms with Crippen molar-refractivity contribution in [3.63, 3.8) is 0 Å². The number of hydrogen-bond acceptors (Lipinski definition) is 4. The molecule has 2 heterocycles. The fraction of sp³-hybridized carbons (Fsp3) is 0.412. The molecule has 2 fully saturated rings. The lowest BCUT2D eigenvalue weighted by Gasteiger charge is -2.15. The van der Waals surface area contributed by atoms with E-state index in [-0.39, 0.29) is 29.8 Å². The Kier molecular flexibility index (Phi) is 3.48. The summed E-state index contributed by atoms with van der Waals surface area (Å²) < 4.78 is 0. The van der Waals surface area contributed by atoms with Gasteiger partial charge < -0.3 is 15.0 Å². The number of aromatic amines is 1. The molecule has 1 aliphatic heterocycles. The summed E-state index contributed by atoms with van der Waals surface area (Å²) in [5.74, 6) is -1.31. The summed E-state index contributed by atoms with van der Waals surface area (Å²) in [5, 5.41) is 21.1. The van der Waals surface area contributed by atoms with Gasteiger partial charge in [-0.2, -0.15) is 0 Å². The van der Waals surface area contributed by atoms with Gasteiger partial charge in [0.2, 0.25) is 0 Å². The van der Waals surface area contributed by atoms with Gasteiger partial charge >= 0.3 is 5.97 Å². The molecule has 1 saturated heterocycles. The Morgan fingerprint density at radius 1 is 1.28 bits per heavy atom. The van der Waals surface area contributed by atoms with Crippen molar-refractivity contribution in [1.29, 1.82) is 0 Å². The van der Waals surface area contributed by atoms with Gasteiger partial charge in [0.05, 0.1) is 10.8 Å². The number of aliphatic carboxylic acids is 1. The summed E-state index contributed by atoms with van der Waals surface area (Å²) in [6.07, 6.45) is 2.05. The molecule has 2 atom stereocenters. The van der Waals surface area contributed by atoms with Crippen LogP contribution in [0.2, 0.25) is 0 Å². The van der Waals surface area contributed by atoms with Gasteiger partial charge in [-0.15, -0.1) is 0 Å². The predicted octanol–water partition coefficient (Wildman–Crippen LogP) is 2.26. The zero-order valence-corrected chi connectivity index (χ0v) is 13.3. The maximum Gasteiger partial charge on any atom is 0.308 e. The number of rotatable bonds is 4. The summed E-state index contributed by atoms with van der Waals surface area (Å²) in [7, 11) is 0. The molecular formula is C17H17N3O5. The first-order chi connectivity index (χ1) is 12.0. The number of nitrogens with zero attached hydrogens (tertiary/aromatic N) is 2. The third-order valence-corrected chi connectivity index (χ3v) is 5.26. The largest absolute Gasteiger partial charge is 0.481 e. The molecule has 130 valence electrons. The standard InChI is InChI=1S/C17H17N3O5/c21-16(19-7-11(9-4-5-9)12(8-19)17(22)23)13-6-10-2-1-3-14(20(24)25)15(10)18-13/h1-3,6,9,11-12,18H,4-5,7-8H2,(H,22,23)/t11-,12+/m1/s1. The fourth-order valence-electron chi connectivity index (χ4n) is 3.84. The zero-order chi connectivity index (χ0) is 17.7. The van der Waals surface area contributed by atoms with E-state index in [4.69, 9.17) is 0 Å². The number of aromatic nitrogens is 1. The van der Waals surface area contributed by atoms with E-state index in [1.165, 1.54) is 6.07 Å². The normalized spacial score (nSPS) is 23.1. The summed E-state index contributed by atoms with van der Waals surface area (Å²) in [6, 6.07) is 6.24. The van der Waals surface area contributed by atoms with Crippen LogP contribution in [-0.4, -0.2) is 44.9 Å². The highest BCUT2D eigenvalue weighted by atomic mass is 16.6. The maximum atomic E-state index is 12.8. The molecule has 8 nitrogen and oxygen atoms in total. The van der Waals surface area contributed by atoms with E-state index in [1.807, 2.05) is 0 Å². The number of benzene rings is 1. The van der Waals surface area contributed by atoms with E-state index in [9.17, 15) is 24.8 Å². The van der Waals surface area contributed by atoms with Crippen molar-refractivity contribution in [3.8, 4) is 0 Å². The molecule has 1 aliphatic carbocycles. The molecule has 8 heteroatoms. The summed E-state index contributed by atoms with van der Waals surface area (Å²) in [5.41, 5.74) is 0.478. The fourth-order valence-corrected chi connectivity index (χ4v) is 3.84. The highest BCUT2D eigenvalue weighted by molar-refractivity contribution is 6.00. The smallest absolute Gasteiger partial charge is 0.308 e. The lowest BCUT2D eigenvalue weighted by molar-refractivity contribution is -0.383. The zero-order valence-electron chi connectivity index (χ0n) is 13.3. The van der Waals surface area contributed by atoms with E-state index >= 15 is 0 Å². The Labute approximate surface area is 142 Å². The van der Waals surface area contributed by atoms with Crippen LogP contribution in [0.5, 0.6) is 0 Å². The lowest BCUT2D eigenvalue weighted by atomic mass is 9.92. The summed E-state index contributed by atoms with van der Waals surface area (Å²) in [6.45, 7) is 0.616. The molecule has 25 heavy (non-hydrogen) atoms. The number of H-pyrrole nitrogens is 1. The number of likely N-dealkylation sites (tertiary alicyclic amines) is 1. The Hall–Kier alpha value is -2.90. The molecule has 1 amide bonds. The Morgan fingerprint density at radius 2 is 2.04 bits per heavy atom. The van der Waals surface area contributed by atoms with Crippen LogP contribution in [0.15, 0.2) is 24.3 Å². The molecule has 1 aromatic heterocycles. The third-order valence-electron chi connectivity index (χ3n) is 5.26. The number of amides is 1. The van der Waals surface area contributed by atoms with E-state index in [0.717, 1.165) is 12.8 Å². The molecule has 0 radical (unpaired) electrons. The van der Waals surface area contributed by atoms with Crippen LogP contribution in [0.1, 0.15) is 23.3 Å². The molecule has 0 spiro atoms. The third kappa shape index (κ3) is 2.63. The number of carboxylic acid groups (broad SMARTS) is 1. The monoisotopic (exact) mass is 343 g/mol. The van der Waals surface area contributed by atoms with Crippen LogP contribution < -0.4 is 0 Å². The minimum absolute atomic E-state index is 0.000152. The number of fused-ring (bicyclic) bond motifs is 1. The van der Waals surface area contributed by atoms with Crippen LogP contribution in [0.4, 0.5) is 5.69 Å². The quantitative estimate of drug-likeness (QED) is 0.652. The van der Waals surface area contributed by atoms with Crippen LogP contribution in [0, 0.1) is 27.9 Å². The number of nitrogens with one attached hydrogen (secondary N) is 1. The minimum atomic E-state index is -0.862. The van der Waals surface area contributed by atoms with Crippen LogP contribution >= 0.6 is 0 Å². The van der Waals surface area contributed by atoms with Gasteiger partial charge in [0.15, 0.2) is 0 Å². The first-order valence-electron chi connectivity index (χ1n) is 8.24. The molecule has 1 aromatic carbocycles. The van der Waals surface area contributed by atoms with Crippen LogP contribution in [0.3, 0.4) is 0 Å². The van der Waals surface area contributed by atoms with Crippen molar-refractivity contribution in [2.45, 2.75) is 12.8 Å². The van der Waals surface area contributed by atoms with E-state index in [0.29, 0.717) is 23.4 Å². The second kappa shape index (κ2) is 5.58. The topological polar surface area (TPSA) is 117 Å². The number of nitro benzene ring substituents is 1. The minimum Gasteiger partial charge on any atom is -0.481 e. The number of hydrogen-bond donors (Lipinski definition) is 2. The Balaban J connectivity index is 1.63. The molecule has 2 aromatic rings. The SMILES string of the molecule is O=C(O)[C@H]1CN(C(=O)c2cc3cccc([N+](=O)[O-])c3[nH]2)C[C@@H]1C1CC1. The molecule has 1 saturated carbocycles. The van der Waals surface area contributed by atoms with Crippen molar-refractivity contribution in [2.75, 3.05) is 13.1 Å². The van der Waals surface area contributed by atoms with Crippen molar-refractivity contribution < 1.29 is 19.6 Å². The molecule has 2 aliphatic rings. The number of carbonyl (C=O) groups is 2. The molecule has 0 bridgehead atoms. The maximum absolute atomic E-state index is 12.8. The van der Waals surface area contributed by atoms with Gasteiger partial charge in [-0.1, -0.05) is 12.1 Å². The number of nitro groups is 1. The van der Waals surface area contributed by atoms with Gasteiger partial charge in [0.25, 0.3) is 11.6 Å². The first kappa shape index (κ1) is 15.6. The van der Waals surface area contributed by atoms with Crippen molar-refractivity contribution in [3.05, 3.63) is 40.1 Å². The van der Waals surface area contributed by atoms with Gasteiger partial charge in [0, 0.05) is 24.5 Å². The van der Waals surface area contributed by atoms with Crippen molar-refractivity contribution in [1.82, 2.24) is 9.88 Å². The Morgan fingerprint density at radius 3 is 2.68 bits per heavy atom. The van der Waals surface area contributed by atoms with Gasteiger partial charge in [0.1, 0.15) is 11.2 Å². The van der Waals surface area contributed by atoms with Crippen LogP contribution in [-0.2, 0) is 4.79 Å². The number of para-hydroxylation sites is 1. The predicted molar refractivity (Wildman–Crippen MR) is 88.2 cm³/mol. The second-order valence-corrected chi connectivity index (χ2v) is 6.84. The summed E-state index contributed by atoms with van der Waals surface area (Å²) >= 11 is 0. The summed E-state index contributed by atoms with van der Waals surface area (Å²) in [4.78, 5) is 39.3. The lowest BCUT2D eigenvalue weighted by Crippen LogP contribution is -2.30. The average Bonchev–Trinajstić information content (AvgIpc) is 3.17. The number of carbonyl (C=O) groups excluding carboxylic acids is 1. The molecule has 2 N–H and O–H groups in total. The number of carboxylic acids is 1. The first-order valence-corrected chi connectivity index (χ1v) is 8.24. The average molecular weight is 343 g/mol. The van der Waals surface area contributed by atoms with Crippen molar-refractivity contribution in [2.24, 2.45) is 17.8 Å². The van der Waals surface area contributed by atoms with Gasteiger partial charge in [-0.3, -0.25) is 19.7 Å². The van der Waals surface area contributed by atoms with E-state index in [2.05, 4.69) is 4.98 Å². The van der Waals surface area contributed by atoms with E-state index in [1.54, 1.807) is 23.1 Å². The number of non-ortho nitro benzene ring substituents is 1. The van der Waals surface area contributed by atoms with Gasteiger partial charge in [-0.05, 0) is 30.7 Å². The second-order valence-electron chi connectivity index (χ2n) is 6.84. The highest BCUT2D eigenvalue weighted by Crippen LogP contribution is 2.44. The Bertz CT molecular complexity index is 886. The molecular weight excluding hydrogens is 326 g/mol. The van der Waals surface area contributed by atoms with Gasteiger partial charge in [-0.25, -0.2) is 0 Å². The van der Waals surface area contributed by atoms with Crippen molar-refractivity contribution >= 4 is 28.5 Å². The van der Waals surface area contributed by atoms with Crippen LogP contribution in [0.25, 0.3) is 10.9 Å². The van der Waals surface area contributed by atoms with E-state index < -0.39 is 16.8 Å². The highest BCUT2D eigenvalue weighted by Gasteiger charge is 2.47. The molecule has 4 rings (SSSR count). The molecule has 0 unspecified atom stereocenters.